The molecule has 146 valence electrons. The van der Waals surface area contributed by atoms with Crippen molar-refractivity contribution in [3.05, 3.63) is 35.5 Å². The average molecular weight is 377 g/mol. The number of amides is 2. The maximum Gasteiger partial charge on any atom is 0.271 e. The second kappa shape index (κ2) is 8.06. The molecule has 1 fully saturated rings. The summed E-state index contributed by atoms with van der Waals surface area (Å²) in [6.45, 7) is 5.01. The molecule has 1 N–H and O–H groups in total. The van der Waals surface area contributed by atoms with Gasteiger partial charge in [0.2, 0.25) is 5.91 Å². The van der Waals surface area contributed by atoms with E-state index < -0.39 is 17.5 Å². The Hall–Kier alpha value is -2.44. The van der Waals surface area contributed by atoms with Gasteiger partial charge in [0.05, 0.1) is 5.52 Å². The second-order valence-electron chi connectivity index (χ2n) is 7.32. The fourth-order valence-corrected chi connectivity index (χ4v) is 3.48. The van der Waals surface area contributed by atoms with Crippen LogP contribution in [0.4, 0.5) is 8.78 Å². The molecule has 5 nitrogen and oxygen atoms in total. The van der Waals surface area contributed by atoms with Gasteiger partial charge in [-0.1, -0.05) is 12.8 Å². The highest BCUT2D eigenvalue weighted by molar-refractivity contribution is 5.99. The van der Waals surface area contributed by atoms with Gasteiger partial charge in [0, 0.05) is 24.5 Å². The van der Waals surface area contributed by atoms with Gasteiger partial charge in [0.1, 0.15) is 23.9 Å². The van der Waals surface area contributed by atoms with Crippen LogP contribution >= 0.6 is 0 Å². The highest BCUT2D eigenvalue weighted by Gasteiger charge is 2.26. The van der Waals surface area contributed by atoms with Gasteiger partial charge in [-0.15, -0.1) is 0 Å². The number of nitrogens with zero attached hydrogens (tertiary/aromatic N) is 2. The maximum atomic E-state index is 13.9. The predicted molar refractivity (Wildman–Crippen MR) is 99.4 cm³/mol. The summed E-state index contributed by atoms with van der Waals surface area (Å²) in [6, 6.07) is 3.13. The molecule has 0 bridgehead atoms. The predicted octanol–water partition coefficient (Wildman–Crippen LogP) is 3.70. The van der Waals surface area contributed by atoms with E-state index in [1.54, 1.807) is 4.90 Å². The molecule has 3 rings (SSSR count). The van der Waals surface area contributed by atoms with Crippen molar-refractivity contribution in [2.45, 2.75) is 45.6 Å². The van der Waals surface area contributed by atoms with Crippen LogP contribution < -0.4 is 0 Å². The maximum absolute atomic E-state index is 13.9. The summed E-state index contributed by atoms with van der Waals surface area (Å²) < 4.78 is 27.8. The Morgan fingerprint density at radius 3 is 2.33 bits per heavy atom. The lowest BCUT2D eigenvalue weighted by atomic mass is 10.2. The SMILES string of the molecule is CC(C)N(CC(=O)N1CCCCCC1)C(=O)c1cc2c(F)ccc(F)c2[nH]1. The third-order valence-electron chi connectivity index (χ3n) is 5.07. The van der Waals surface area contributed by atoms with E-state index in [0.29, 0.717) is 13.1 Å². The fraction of sp³-hybridized carbons (Fsp3) is 0.500. The Morgan fingerprint density at radius 1 is 1.11 bits per heavy atom. The fourth-order valence-electron chi connectivity index (χ4n) is 3.48. The van der Waals surface area contributed by atoms with Crippen molar-refractivity contribution in [2.75, 3.05) is 19.6 Å². The summed E-state index contributed by atoms with van der Waals surface area (Å²) in [6.07, 6.45) is 4.18. The van der Waals surface area contributed by atoms with Crippen molar-refractivity contribution in [1.82, 2.24) is 14.8 Å². The summed E-state index contributed by atoms with van der Waals surface area (Å²) in [5.74, 6) is -1.75. The van der Waals surface area contributed by atoms with Crippen molar-refractivity contribution in [2.24, 2.45) is 0 Å². The van der Waals surface area contributed by atoms with Crippen molar-refractivity contribution >= 4 is 22.7 Å². The zero-order valence-electron chi connectivity index (χ0n) is 15.7. The van der Waals surface area contributed by atoms with E-state index in [2.05, 4.69) is 4.98 Å². The normalized spacial score (nSPS) is 15.2. The number of H-pyrrole nitrogens is 1. The van der Waals surface area contributed by atoms with Crippen LogP contribution in [0.15, 0.2) is 18.2 Å². The largest absolute Gasteiger partial charge is 0.348 e. The van der Waals surface area contributed by atoms with Gasteiger partial charge in [-0.25, -0.2) is 8.78 Å². The first kappa shape index (κ1) is 19.3. The molecule has 1 aliphatic heterocycles. The minimum absolute atomic E-state index is 0.0286. The number of halogens is 2. The topological polar surface area (TPSA) is 56.4 Å². The lowest BCUT2D eigenvalue weighted by molar-refractivity contribution is -0.132. The first-order valence-electron chi connectivity index (χ1n) is 9.44. The van der Waals surface area contributed by atoms with Crippen LogP contribution in [-0.2, 0) is 4.79 Å². The number of hydrogen-bond acceptors (Lipinski definition) is 2. The summed E-state index contributed by atoms with van der Waals surface area (Å²) in [7, 11) is 0. The molecule has 2 heterocycles. The molecule has 1 aliphatic rings. The number of benzene rings is 1. The molecule has 1 aromatic heterocycles. The molecular formula is C20H25F2N3O2. The number of fused-ring (bicyclic) bond motifs is 1. The van der Waals surface area contributed by atoms with Crippen LogP contribution in [0.3, 0.4) is 0 Å². The minimum atomic E-state index is -0.623. The van der Waals surface area contributed by atoms with Crippen molar-refractivity contribution in [3.63, 3.8) is 0 Å². The number of carbonyl (C=O) groups excluding carboxylic acids is 2. The van der Waals surface area contributed by atoms with Crippen molar-refractivity contribution in [1.29, 1.82) is 0 Å². The quantitative estimate of drug-likeness (QED) is 0.883. The Morgan fingerprint density at radius 2 is 1.74 bits per heavy atom. The number of hydrogen-bond donors (Lipinski definition) is 1. The van der Waals surface area contributed by atoms with Crippen LogP contribution in [0.5, 0.6) is 0 Å². The Balaban J connectivity index is 1.82. The third kappa shape index (κ3) is 4.12. The molecule has 0 atom stereocenters. The van der Waals surface area contributed by atoms with Crippen LogP contribution in [0, 0.1) is 11.6 Å². The van der Waals surface area contributed by atoms with Crippen LogP contribution in [-0.4, -0.2) is 52.3 Å². The molecule has 0 unspecified atom stereocenters. The third-order valence-corrected chi connectivity index (χ3v) is 5.07. The van der Waals surface area contributed by atoms with Crippen molar-refractivity contribution < 1.29 is 18.4 Å². The summed E-state index contributed by atoms with van der Waals surface area (Å²) >= 11 is 0. The lowest BCUT2D eigenvalue weighted by Crippen LogP contribution is -2.46. The summed E-state index contributed by atoms with van der Waals surface area (Å²) in [5, 5.41) is 0.0286. The van der Waals surface area contributed by atoms with Crippen LogP contribution in [0.25, 0.3) is 10.9 Å². The highest BCUT2D eigenvalue weighted by atomic mass is 19.1. The number of aromatic amines is 1. The van der Waals surface area contributed by atoms with E-state index >= 15 is 0 Å². The number of rotatable bonds is 4. The van der Waals surface area contributed by atoms with Gasteiger partial charge < -0.3 is 14.8 Å². The number of aromatic nitrogens is 1. The number of nitrogens with one attached hydrogen (secondary N) is 1. The van der Waals surface area contributed by atoms with Gasteiger partial charge in [0.25, 0.3) is 5.91 Å². The van der Waals surface area contributed by atoms with Crippen molar-refractivity contribution in [3.8, 4) is 0 Å². The van der Waals surface area contributed by atoms with Gasteiger partial charge in [-0.2, -0.15) is 0 Å². The van der Waals surface area contributed by atoms with E-state index in [1.165, 1.54) is 11.0 Å². The second-order valence-corrected chi connectivity index (χ2v) is 7.32. The Kier molecular flexibility index (Phi) is 5.77. The first-order valence-corrected chi connectivity index (χ1v) is 9.44. The van der Waals surface area contributed by atoms with E-state index in [4.69, 9.17) is 0 Å². The molecular weight excluding hydrogens is 352 g/mol. The molecule has 2 aromatic rings. The smallest absolute Gasteiger partial charge is 0.271 e. The van der Waals surface area contributed by atoms with E-state index in [1.807, 2.05) is 13.8 Å². The average Bonchev–Trinajstić information content (AvgIpc) is 2.92. The van der Waals surface area contributed by atoms with E-state index in [9.17, 15) is 18.4 Å². The molecule has 2 amide bonds. The van der Waals surface area contributed by atoms with Gasteiger partial charge >= 0.3 is 0 Å². The lowest BCUT2D eigenvalue weighted by Gasteiger charge is -2.29. The zero-order valence-corrected chi connectivity index (χ0v) is 15.7. The number of carbonyl (C=O) groups is 2. The van der Waals surface area contributed by atoms with Crippen LogP contribution in [0.2, 0.25) is 0 Å². The molecule has 7 heteroatoms. The molecule has 0 radical (unpaired) electrons. The monoisotopic (exact) mass is 377 g/mol. The van der Waals surface area contributed by atoms with E-state index in [0.717, 1.165) is 37.8 Å². The highest BCUT2D eigenvalue weighted by Crippen LogP contribution is 2.23. The summed E-state index contributed by atoms with van der Waals surface area (Å²) in [5.41, 5.74) is 0.0345. The standard InChI is InChI=1S/C20H25F2N3O2/c1-13(2)25(12-18(26)24-9-5-3-4-6-10-24)20(27)17-11-14-15(21)7-8-16(22)19(14)23-17/h7-8,11,13,23H,3-6,9-10,12H2,1-2H3. The number of likely N-dealkylation sites (tertiary alicyclic amines) is 1. The minimum Gasteiger partial charge on any atom is -0.348 e. The Labute approximate surface area is 157 Å². The van der Waals surface area contributed by atoms with E-state index in [-0.39, 0.29) is 35.1 Å². The zero-order chi connectivity index (χ0) is 19.6. The van der Waals surface area contributed by atoms with Gasteiger partial charge in [0.15, 0.2) is 0 Å². The van der Waals surface area contributed by atoms with Crippen LogP contribution in [0.1, 0.15) is 50.0 Å². The van der Waals surface area contributed by atoms with Gasteiger partial charge in [-0.05, 0) is 44.9 Å². The van der Waals surface area contributed by atoms with Gasteiger partial charge in [-0.3, -0.25) is 9.59 Å². The first-order chi connectivity index (χ1) is 12.9. The Bertz CT molecular complexity index is 800. The molecule has 1 aromatic carbocycles. The molecule has 27 heavy (non-hydrogen) atoms. The summed E-state index contributed by atoms with van der Waals surface area (Å²) in [4.78, 5) is 31.5. The molecule has 1 saturated heterocycles. The molecule has 0 saturated carbocycles. The molecule has 0 spiro atoms. The molecule has 0 aliphatic carbocycles.